The summed E-state index contributed by atoms with van der Waals surface area (Å²) in [4.78, 5) is 2.13. The van der Waals surface area contributed by atoms with Crippen molar-refractivity contribution < 1.29 is 13.7 Å². The van der Waals surface area contributed by atoms with Crippen molar-refractivity contribution >= 4 is 10.8 Å². The molecule has 0 spiro atoms. The second-order valence-electron chi connectivity index (χ2n) is 5.54. The Morgan fingerprint density at radius 3 is 2.70 bits per heavy atom. The predicted molar refractivity (Wildman–Crippen MR) is 79.6 cm³/mol. The summed E-state index contributed by atoms with van der Waals surface area (Å²) < 4.78 is 24.4. The minimum Gasteiger partial charge on any atom is -0.387 e. The van der Waals surface area contributed by atoms with E-state index in [2.05, 4.69) is 4.90 Å². The van der Waals surface area contributed by atoms with Crippen LogP contribution in [0.3, 0.4) is 0 Å². The third-order valence-corrected chi connectivity index (χ3v) is 5.41. The molecule has 1 fully saturated rings. The van der Waals surface area contributed by atoms with Crippen LogP contribution in [0.15, 0.2) is 18.2 Å². The molecule has 0 bridgehead atoms. The molecule has 0 aliphatic carbocycles. The average Bonchev–Trinajstić information content (AvgIpc) is 2.39. The van der Waals surface area contributed by atoms with E-state index in [1.807, 2.05) is 14.0 Å². The molecule has 1 unspecified atom stereocenters. The molecule has 1 N–H and O–H groups in total. The van der Waals surface area contributed by atoms with Gasteiger partial charge in [-0.25, -0.2) is 4.39 Å². The molecule has 1 aromatic rings. The molecular weight excluding hydrogens is 277 g/mol. The van der Waals surface area contributed by atoms with E-state index in [9.17, 15) is 13.7 Å². The maximum Gasteiger partial charge on any atom is 0.123 e. The lowest BCUT2D eigenvalue weighted by molar-refractivity contribution is 0.100. The van der Waals surface area contributed by atoms with Crippen molar-refractivity contribution in [3.8, 4) is 0 Å². The van der Waals surface area contributed by atoms with Crippen LogP contribution in [0.5, 0.6) is 0 Å². The first kappa shape index (κ1) is 15.6. The van der Waals surface area contributed by atoms with E-state index in [4.69, 9.17) is 0 Å². The summed E-state index contributed by atoms with van der Waals surface area (Å²) in [6.45, 7) is 2.33. The van der Waals surface area contributed by atoms with Crippen molar-refractivity contribution in [1.82, 2.24) is 4.90 Å². The minimum atomic E-state index is -0.663. The van der Waals surface area contributed by atoms with Crippen molar-refractivity contribution in [1.29, 1.82) is 0 Å². The molecule has 1 aromatic carbocycles. The predicted octanol–water partition coefficient (Wildman–Crippen LogP) is 2.01. The van der Waals surface area contributed by atoms with Crippen molar-refractivity contribution in [3.05, 3.63) is 35.1 Å². The van der Waals surface area contributed by atoms with Gasteiger partial charge in [0.05, 0.1) is 6.10 Å². The van der Waals surface area contributed by atoms with Crippen LogP contribution in [-0.2, 0) is 10.8 Å². The van der Waals surface area contributed by atoms with E-state index in [1.165, 1.54) is 12.1 Å². The van der Waals surface area contributed by atoms with Gasteiger partial charge in [-0.2, -0.15) is 0 Å². The van der Waals surface area contributed by atoms with Crippen molar-refractivity contribution in [2.24, 2.45) is 0 Å². The topological polar surface area (TPSA) is 40.5 Å². The molecule has 20 heavy (non-hydrogen) atoms. The SMILES string of the molecule is Cc1cc(F)ccc1C(O)CN(C)C1CCS(=O)CC1. The Balaban J connectivity index is 1.96. The van der Waals surface area contributed by atoms with Gasteiger partial charge in [-0.05, 0) is 50.1 Å². The third kappa shape index (κ3) is 3.87. The van der Waals surface area contributed by atoms with Crippen LogP contribution in [0, 0.1) is 12.7 Å². The number of hydrogen-bond acceptors (Lipinski definition) is 3. The Bertz CT molecular complexity index is 485. The normalized spacial score (nSPS) is 24.9. The summed E-state index contributed by atoms with van der Waals surface area (Å²) in [5.41, 5.74) is 1.55. The van der Waals surface area contributed by atoms with Gasteiger partial charge in [-0.1, -0.05) is 6.07 Å². The van der Waals surface area contributed by atoms with Crippen LogP contribution in [0.4, 0.5) is 4.39 Å². The second kappa shape index (κ2) is 6.78. The minimum absolute atomic E-state index is 0.276. The number of benzene rings is 1. The second-order valence-corrected chi connectivity index (χ2v) is 7.23. The highest BCUT2D eigenvalue weighted by Gasteiger charge is 2.23. The lowest BCUT2D eigenvalue weighted by Crippen LogP contribution is -2.39. The maximum absolute atomic E-state index is 13.1. The molecule has 1 saturated heterocycles. The highest BCUT2D eigenvalue weighted by atomic mass is 32.2. The van der Waals surface area contributed by atoms with Gasteiger partial charge in [-0.3, -0.25) is 4.21 Å². The quantitative estimate of drug-likeness (QED) is 0.924. The van der Waals surface area contributed by atoms with E-state index in [-0.39, 0.29) is 5.82 Å². The molecular formula is C15H22FNO2S. The summed E-state index contributed by atoms with van der Waals surface area (Å²) in [5.74, 6) is 1.23. The van der Waals surface area contributed by atoms with E-state index >= 15 is 0 Å². The van der Waals surface area contributed by atoms with E-state index in [0.717, 1.165) is 35.5 Å². The summed E-state index contributed by atoms with van der Waals surface area (Å²) in [6.07, 6.45) is 1.21. The van der Waals surface area contributed by atoms with E-state index in [1.54, 1.807) is 6.07 Å². The summed E-state index contributed by atoms with van der Waals surface area (Å²) >= 11 is 0. The Morgan fingerprint density at radius 2 is 2.10 bits per heavy atom. The van der Waals surface area contributed by atoms with Crippen molar-refractivity contribution in [3.63, 3.8) is 0 Å². The van der Waals surface area contributed by atoms with E-state index < -0.39 is 16.9 Å². The van der Waals surface area contributed by atoms with Crippen LogP contribution in [0.1, 0.15) is 30.1 Å². The van der Waals surface area contributed by atoms with Crippen LogP contribution in [0.25, 0.3) is 0 Å². The lowest BCUT2D eigenvalue weighted by atomic mass is 10.0. The highest BCUT2D eigenvalue weighted by Crippen LogP contribution is 2.22. The largest absolute Gasteiger partial charge is 0.387 e. The number of aryl methyl sites for hydroxylation is 1. The van der Waals surface area contributed by atoms with Crippen LogP contribution in [0.2, 0.25) is 0 Å². The lowest BCUT2D eigenvalue weighted by Gasteiger charge is -2.32. The maximum atomic E-state index is 13.1. The highest BCUT2D eigenvalue weighted by molar-refractivity contribution is 7.85. The molecule has 3 nitrogen and oxygen atoms in total. The number of nitrogens with zero attached hydrogens (tertiary/aromatic N) is 1. The molecule has 0 aromatic heterocycles. The van der Waals surface area contributed by atoms with Crippen LogP contribution < -0.4 is 0 Å². The van der Waals surface area contributed by atoms with Crippen LogP contribution >= 0.6 is 0 Å². The number of likely N-dealkylation sites (N-methyl/N-ethyl adjacent to an activating group) is 1. The Kier molecular flexibility index (Phi) is 5.29. The van der Waals surface area contributed by atoms with Gasteiger partial charge in [0.1, 0.15) is 5.82 Å². The molecule has 1 atom stereocenters. The number of aliphatic hydroxyl groups excluding tert-OH is 1. The van der Waals surface area contributed by atoms with Gasteiger partial charge < -0.3 is 10.0 Å². The van der Waals surface area contributed by atoms with Gasteiger partial charge in [0, 0.05) is 34.9 Å². The molecule has 5 heteroatoms. The summed E-state index contributed by atoms with van der Waals surface area (Å²) in [5, 5.41) is 10.3. The number of hydrogen-bond donors (Lipinski definition) is 1. The van der Waals surface area contributed by atoms with Gasteiger partial charge in [0.25, 0.3) is 0 Å². The van der Waals surface area contributed by atoms with Crippen LogP contribution in [-0.4, -0.2) is 45.4 Å². The molecule has 1 aliphatic heterocycles. The zero-order valence-corrected chi connectivity index (χ0v) is 12.8. The van der Waals surface area contributed by atoms with Gasteiger partial charge in [-0.15, -0.1) is 0 Å². The van der Waals surface area contributed by atoms with Gasteiger partial charge in [0.2, 0.25) is 0 Å². The fraction of sp³-hybridized carbons (Fsp3) is 0.600. The molecule has 2 rings (SSSR count). The van der Waals surface area contributed by atoms with Crippen molar-refractivity contribution in [2.45, 2.75) is 31.9 Å². The third-order valence-electron chi connectivity index (χ3n) is 4.03. The Morgan fingerprint density at radius 1 is 1.45 bits per heavy atom. The number of aliphatic hydroxyl groups is 1. The first-order chi connectivity index (χ1) is 9.47. The number of rotatable bonds is 4. The fourth-order valence-electron chi connectivity index (χ4n) is 2.76. The van der Waals surface area contributed by atoms with Crippen molar-refractivity contribution in [2.75, 3.05) is 25.1 Å². The molecule has 112 valence electrons. The average molecular weight is 299 g/mol. The zero-order chi connectivity index (χ0) is 14.7. The molecule has 0 radical (unpaired) electrons. The first-order valence-electron chi connectivity index (χ1n) is 6.96. The molecule has 0 saturated carbocycles. The zero-order valence-electron chi connectivity index (χ0n) is 12.0. The number of halogens is 1. The Hall–Kier alpha value is -0.780. The monoisotopic (exact) mass is 299 g/mol. The summed E-state index contributed by atoms with van der Waals surface area (Å²) in [7, 11) is 1.32. The molecule has 0 amide bonds. The smallest absolute Gasteiger partial charge is 0.123 e. The fourth-order valence-corrected chi connectivity index (χ4v) is 4.03. The Labute approximate surface area is 122 Å². The summed E-state index contributed by atoms with van der Waals surface area (Å²) in [6, 6.07) is 4.86. The molecule has 1 aliphatic rings. The standard InChI is InChI=1S/C15H22FNO2S/c1-11-9-12(16)3-4-14(11)15(18)10-17(2)13-5-7-20(19)8-6-13/h3-4,9,13,15,18H,5-8,10H2,1-2H3. The first-order valence-corrected chi connectivity index (χ1v) is 8.45. The van der Waals surface area contributed by atoms with Gasteiger partial charge in [0.15, 0.2) is 0 Å². The molecule has 1 heterocycles. The van der Waals surface area contributed by atoms with E-state index in [0.29, 0.717) is 12.6 Å². The van der Waals surface area contributed by atoms with Gasteiger partial charge >= 0.3 is 0 Å².